The number of carbonyl (C=O) groups is 3. The van der Waals surface area contributed by atoms with Gasteiger partial charge in [-0.25, -0.2) is 0 Å². The van der Waals surface area contributed by atoms with E-state index in [-0.39, 0.29) is 19.3 Å². The molecule has 5 aliphatic rings. The summed E-state index contributed by atoms with van der Waals surface area (Å²) >= 11 is 0. The van der Waals surface area contributed by atoms with Gasteiger partial charge in [0.25, 0.3) is 0 Å². The fourth-order valence-electron chi connectivity index (χ4n) is 6.94. The first-order valence-electron chi connectivity index (χ1n) is 11.2. The lowest BCUT2D eigenvalue weighted by atomic mass is 9.56. The zero-order chi connectivity index (χ0) is 24.7. The van der Waals surface area contributed by atoms with Crippen LogP contribution in [0.1, 0.15) is 39.5 Å². The molecule has 4 aliphatic carbocycles. The van der Waals surface area contributed by atoms with Crippen molar-refractivity contribution in [3.05, 3.63) is 47.5 Å². The zero-order valence-corrected chi connectivity index (χ0v) is 19.6. The molecule has 9 nitrogen and oxygen atoms in total. The molecule has 9 heteroatoms. The average molecular weight is 472 g/mol. The van der Waals surface area contributed by atoms with E-state index in [1.165, 1.54) is 28.1 Å². The third-order valence-corrected chi connectivity index (χ3v) is 8.17. The van der Waals surface area contributed by atoms with Gasteiger partial charge in [0.2, 0.25) is 5.79 Å². The van der Waals surface area contributed by atoms with Crippen LogP contribution in [-0.2, 0) is 38.1 Å². The van der Waals surface area contributed by atoms with Crippen LogP contribution in [0.4, 0.5) is 0 Å². The number of rotatable bonds is 4. The van der Waals surface area contributed by atoms with Gasteiger partial charge in [-0.15, -0.1) is 0 Å². The van der Waals surface area contributed by atoms with Crippen LogP contribution in [0, 0.1) is 16.7 Å². The highest BCUT2D eigenvalue weighted by molar-refractivity contribution is 5.88. The molecule has 1 N–H and O–H groups in total. The normalized spacial score (nSPS) is 41.1. The monoisotopic (exact) mass is 472 g/mol. The number of ether oxygens (including phenoxy) is 5. The third kappa shape index (κ3) is 2.56. The van der Waals surface area contributed by atoms with E-state index in [4.69, 9.17) is 23.7 Å². The molecule has 2 fully saturated rings. The fraction of sp³-hybridized carbons (Fsp3) is 0.560. The van der Waals surface area contributed by atoms with Gasteiger partial charge < -0.3 is 28.8 Å². The summed E-state index contributed by atoms with van der Waals surface area (Å²) in [4.78, 5) is 37.3. The zero-order valence-electron chi connectivity index (χ0n) is 19.6. The Labute approximate surface area is 197 Å². The predicted octanol–water partition coefficient (Wildman–Crippen LogP) is 2.21. The first-order valence-corrected chi connectivity index (χ1v) is 11.2. The Hall–Kier alpha value is -3.07. The van der Waals surface area contributed by atoms with E-state index in [2.05, 4.69) is 6.58 Å². The number of esters is 3. The SMILES string of the molecule is C=C1C[C@]23C[C@@]1(OC(C)=O)CC[C@@]2(O)OC1=C2[C@@H]3C(OC)=C[C@@]2(C(=O)OC)[C@@H](OC(C)=O)C=C1. The molecule has 0 amide bonds. The molecule has 0 radical (unpaired) electrons. The van der Waals surface area contributed by atoms with Gasteiger partial charge in [0.15, 0.2) is 5.41 Å². The number of hydrogen-bond acceptors (Lipinski definition) is 9. The van der Waals surface area contributed by atoms with Gasteiger partial charge in [-0.3, -0.25) is 14.4 Å². The molecule has 1 aliphatic heterocycles. The van der Waals surface area contributed by atoms with Crippen LogP contribution in [0.25, 0.3) is 0 Å². The number of carbonyl (C=O) groups excluding carboxylic acids is 3. The lowest BCUT2D eigenvalue weighted by molar-refractivity contribution is -0.298. The fourth-order valence-corrected chi connectivity index (χ4v) is 6.94. The van der Waals surface area contributed by atoms with Crippen LogP contribution < -0.4 is 0 Å². The van der Waals surface area contributed by atoms with Crippen LogP contribution >= 0.6 is 0 Å². The van der Waals surface area contributed by atoms with Crippen LogP contribution in [-0.4, -0.2) is 54.7 Å². The smallest absolute Gasteiger partial charge is 0.324 e. The topological polar surface area (TPSA) is 118 Å². The van der Waals surface area contributed by atoms with Crippen molar-refractivity contribution < 1.29 is 43.2 Å². The van der Waals surface area contributed by atoms with Gasteiger partial charge in [0.1, 0.15) is 23.2 Å². The molecule has 1 heterocycles. The summed E-state index contributed by atoms with van der Waals surface area (Å²) in [7, 11) is 2.75. The van der Waals surface area contributed by atoms with Crippen molar-refractivity contribution in [1.29, 1.82) is 0 Å². The summed E-state index contributed by atoms with van der Waals surface area (Å²) in [5.41, 5.74) is -2.32. The van der Waals surface area contributed by atoms with Crippen LogP contribution in [0.5, 0.6) is 0 Å². The number of aliphatic hydroxyl groups is 1. The van der Waals surface area contributed by atoms with Crippen molar-refractivity contribution in [3.8, 4) is 0 Å². The Morgan fingerprint density at radius 1 is 1.18 bits per heavy atom. The third-order valence-electron chi connectivity index (χ3n) is 8.17. The molecule has 5 rings (SSSR count). The lowest BCUT2D eigenvalue weighted by Gasteiger charge is -2.57. The molecule has 2 saturated carbocycles. The minimum atomic E-state index is -1.62. The Morgan fingerprint density at radius 3 is 2.53 bits per heavy atom. The highest BCUT2D eigenvalue weighted by Crippen LogP contribution is 2.73. The van der Waals surface area contributed by atoms with E-state index in [0.29, 0.717) is 29.1 Å². The van der Waals surface area contributed by atoms with Crippen molar-refractivity contribution in [1.82, 2.24) is 0 Å². The summed E-state index contributed by atoms with van der Waals surface area (Å²) in [6.45, 7) is 6.82. The lowest BCUT2D eigenvalue weighted by Crippen LogP contribution is -2.62. The average Bonchev–Trinajstić information content (AvgIpc) is 3.25. The van der Waals surface area contributed by atoms with Crippen LogP contribution in [0.15, 0.2) is 47.5 Å². The van der Waals surface area contributed by atoms with E-state index in [1.807, 2.05) is 0 Å². The Balaban J connectivity index is 1.74. The molecule has 34 heavy (non-hydrogen) atoms. The molecule has 1 spiro atoms. The summed E-state index contributed by atoms with van der Waals surface area (Å²) < 4.78 is 28.6. The standard InChI is InChI=1S/C25H28O9/c1-13-10-22-12-23(13,33-15(3)27)8-9-25(22,29)34-16-6-7-18(32-14(2)26)24(21(28)31-5)11-17(30-4)19(22)20(16)24/h6-7,11,18-19,29H,1,8-10,12H2,2-5H3/t18-,19-,22+,23-,24+,25+/m0/s1. The molecule has 0 aromatic rings. The molecule has 0 unspecified atom stereocenters. The van der Waals surface area contributed by atoms with Gasteiger partial charge in [-0.2, -0.15) is 0 Å². The molecule has 2 bridgehead atoms. The van der Waals surface area contributed by atoms with Crippen molar-refractivity contribution in [2.75, 3.05) is 14.2 Å². The summed E-state index contributed by atoms with van der Waals surface area (Å²) in [5, 5.41) is 11.9. The van der Waals surface area contributed by atoms with E-state index in [9.17, 15) is 19.5 Å². The maximum absolute atomic E-state index is 13.4. The second-order valence-corrected chi connectivity index (χ2v) is 9.80. The van der Waals surface area contributed by atoms with Gasteiger partial charge in [0, 0.05) is 32.3 Å². The largest absolute Gasteiger partial charge is 0.501 e. The molecule has 0 aromatic carbocycles. The van der Waals surface area contributed by atoms with Gasteiger partial charge in [-0.1, -0.05) is 6.58 Å². The van der Waals surface area contributed by atoms with Gasteiger partial charge >= 0.3 is 17.9 Å². The number of allylic oxidation sites excluding steroid dienone is 2. The Bertz CT molecular complexity index is 1120. The molecule has 0 saturated heterocycles. The van der Waals surface area contributed by atoms with Crippen LogP contribution in [0.3, 0.4) is 0 Å². The first kappa shape index (κ1) is 22.7. The molecular formula is C25H28O9. The highest BCUT2D eigenvalue weighted by Gasteiger charge is 2.77. The van der Waals surface area contributed by atoms with Gasteiger partial charge in [0.05, 0.1) is 25.6 Å². The van der Waals surface area contributed by atoms with Crippen molar-refractivity contribution in [2.24, 2.45) is 16.7 Å². The minimum absolute atomic E-state index is 0.190. The van der Waals surface area contributed by atoms with Crippen LogP contribution in [0.2, 0.25) is 0 Å². The Morgan fingerprint density at radius 2 is 1.91 bits per heavy atom. The van der Waals surface area contributed by atoms with E-state index in [0.717, 1.165) is 0 Å². The summed E-state index contributed by atoms with van der Waals surface area (Å²) in [6, 6.07) is 0. The second kappa shape index (κ2) is 6.97. The van der Waals surface area contributed by atoms with E-state index < -0.39 is 52.1 Å². The number of methoxy groups -OCH3 is 2. The predicted molar refractivity (Wildman–Crippen MR) is 115 cm³/mol. The Kier molecular flexibility index (Phi) is 4.66. The second-order valence-electron chi connectivity index (χ2n) is 9.80. The quantitative estimate of drug-likeness (QED) is 0.373. The van der Waals surface area contributed by atoms with Crippen molar-refractivity contribution in [2.45, 2.75) is 57.0 Å². The van der Waals surface area contributed by atoms with Crippen molar-refractivity contribution >= 4 is 17.9 Å². The minimum Gasteiger partial charge on any atom is -0.501 e. The molecule has 0 aromatic heterocycles. The molecular weight excluding hydrogens is 444 g/mol. The first-order chi connectivity index (χ1) is 16.0. The number of hydrogen-bond donors (Lipinski definition) is 1. The van der Waals surface area contributed by atoms with Gasteiger partial charge in [-0.05, 0) is 36.6 Å². The summed E-state index contributed by atoms with van der Waals surface area (Å²) in [6.07, 6.45) is 4.88. The molecule has 182 valence electrons. The van der Waals surface area contributed by atoms with E-state index >= 15 is 0 Å². The number of fused-ring (bicyclic) bond motifs is 1. The molecule has 6 atom stereocenters. The van der Waals surface area contributed by atoms with Crippen molar-refractivity contribution in [3.63, 3.8) is 0 Å². The maximum Gasteiger partial charge on any atom is 0.324 e. The summed E-state index contributed by atoms with van der Waals surface area (Å²) in [5.74, 6) is -3.15. The van der Waals surface area contributed by atoms with E-state index in [1.54, 1.807) is 18.2 Å². The maximum atomic E-state index is 13.4. The highest BCUT2D eigenvalue weighted by atomic mass is 16.6.